The minimum Gasteiger partial charge on any atom is -0.297 e. The summed E-state index contributed by atoms with van der Waals surface area (Å²) in [7, 11) is 1.59. The first-order chi connectivity index (χ1) is 9.61. The van der Waals surface area contributed by atoms with E-state index in [-0.39, 0.29) is 0 Å². The van der Waals surface area contributed by atoms with E-state index in [2.05, 4.69) is 0 Å². The molecule has 3 amide bonds. The number of rotatable bonds is 2. The predicted molar refractivity (Wildman–Crippen MR) is 80.4 cm³/mol. The number of halogens is 1. The summed E-state index contributed by atoms with van der Waals surface area (Å²) in [5, 5.41) is -0.844. The van der Waals surface area contributed by atoms with Crippen LogP contribution in [0.4, 0.5) is 21.0 Å². The minimum atomic E-state index is -0.844. The summed E-state index contributed by atoms with van der Waals surface area (Å²) in [6.07, 6.45) is 0. The topological polar surface area (TPSA) is 40.6 Å². The van der Waals surface area contributed by atoms with Gasteiger partial charge >= 0.3 is 11.4 Å². The fraction of sp³-hybridized carbons (Fsp3) is 0.0667. The lowest BCUT2D eigenvalue weighted by atomic mass is 10.3. The van der Waals surface area contributed by atoms with Crippen molar-refractivity contribution in [1.29, 1.82) is 0 Å². The van der Waals surface area contributed by atoms with Crippen LogP contribution in [-0.2, 0) is 0 Å². The van der Waals surface area contributed by atoms with Crippen molar-refractivity contribution in [2.24, 2.45) is 0 Å². The Morgan fingerprint density at radius 2 is 1.30 bits per heavy atom. The molecule has 2 aromatic carbocycles. The maximum Gasteiger partial charge on any atom is 0.336 e. The van der Waals surface area contributed by atoms with E-state index in [1.54, 1.807) is 49.5 Å². The first kappa shape index (κ1) is 14.1. The van der Waals surface area contributed by atoms with E-state index in [9.17, 15) is 9.59 Å². The van der Waals surface area contributed by atoms with Crippen LogP contribution in [0.25, 0.3) is 0 Å². The van der Waals surface area contributed by atoms with E-state index >= 15 is 0 Å². The molecule has 2 rings (SSSR count). The molecule has 0 fully saturated rings. The summed E-state index contributed by atoms with van der Waals surface area (Å²) >= 11 is 5.54. The molecular formula is C15H13ClN2O2. The standard InChI is InChI=1S/C15H13ClN2O2/c1-17(12-8-4-2-5-9-12)15(20)18(14(16)19)13-10-6-3-7-11-13/h2-11H,1H3. The van der Waals surface area contributed by atoms with Gasteiger partial charge in [0, 0.05) is 12.7 Å². The highest BCUT2D eigenvalue weighted by Gasteiger charge is 2.25. The highest BCUT2D eigenvalue weighted by Crippen LogP contribution is 2.20. The zero-order valence-electron chi connectivity index (χ0n) is 10.9. The molecule has 0 radical (unpaired) electrons. The monoisotopic (exact) mass is 288 g/mol. The zero-order chi connectivity index (χ0) is 14.5. The summed E-state index contributed by atoms with van der Waals surface area (Å²) in [6.45, 7) is 0. The van der Waals surface area contributed by atoms with E-state index in [1.165, 1.54) is 4.90 Å². The van der Waals surface area contributed by atoms with Gasteiger partial charge in [0.25, 0.3) is 0 Å². The number of anilines is 2. The Morgan fingerprint density at radius 1 is 0.850 bits per heavy atom. The number of carbonyl (C=O) groups excluding carboxylic acids is 2. The number of hydrogen-bond donors (Lipinski definition) is 0. The van der Waals surface area contributed by atoms with Crippen LogP contribution >= 0.6 is 11.6 Å². The molecule has 0 spiro atoms. The smallest absolute Gasteiger partial charge is 0.297 e. The number of nitrogens with zero attached hydrogens (tertiary/aromatic N) is 2. The number of hydrogen-bond acceptors (Lipinski definition) is 2. The van der Waals surface area contributed by atoms with Crippen molar-refractivity contribution in [2.75, 3.05) is 16.8 Å². The average Bonchev–Trinajstić information content (AvgIpc) is 2.48. The number of carbonyl (C=O) groups is 2. The van der Waals surface area contributed by atoms with Crippen molar-refractivity contribution < 1.29 is 9.59 Å². The van der Waals surface area contributed by atoms with Crippen LogP contribution in [0.3, 0.4) is 0 Å². The molecule has 0 aliphatic rings. The summed E-state index contributed by atoms with van der Waals surface area (Å²) in [6, 6.07) is 17.1. The van der Waals surface area contributed by atoms with Gasteiger partial charge in [-0.2, -0.15) is 0 Å². The lowest BCUT2D eigenvalue weighted by Gasteiger charge is -2.25. The molecule has 0 N–H and O–H groups in total. The molecule has 0 aromatic heterocycles. The van der Waals surface area contributed by atoms with Gasteiger partial charge in [-0.1, -0.05) is 36.4 Å². The van der Waals surface area contributed by atoms with Crippen molar-refractivity contribution in [3.8, 4) is 0 Å². The molecule has 20 heavy (non-hydrogen) atoms. The third kappa shape index (κ3) is 2.97. The number of urea groups is 1. The number of imide groups is 1. The van der Waals surface area contributed by atoms with Crippen molar-refractivity contribution in [3.63, 3.8) is 0 Å². The highest BCUT2D eigenvalue weighted by atomic mass is 35.5. The fourth-order valence-electron chi connectivity index (χ4n) is 1.78. The minimum absolute atomic E-state index is 0.431. The lowest BCUT2D eigenvalue weighted by molar-refractivity contribution is 0.247. The van der Waals surface area contributed by atoms with E-state index in [1.807, 2.05) is 18.2 Å². The van der Waals surface area contributed by atoms with Crippen molar-refractivity contribution in [2.45, 2.75) is 0 Å². The van der Waals surface area contributed by atoms with E-state index in [0.29, 0.717) is 11.4 Å². The van der Waals surface area contributed by atoms with E-state index < -0.39 is 11.4 Å². The van der Waals surface area contributed by atoms with Crippen LogP contribution in [0.15, 0.2) is 60.7 Å². The van der Waals surface area contributed by atoms with Gasteiger partial charge < -0.3 is 0 Å². The van der Waals surface area contributed by atoms with Crippen LogP contribution in [0.2, 0.25) is 0 Å². The second-order valence-electron chi connectivity index (χ2n) is 4.10. The van der Waals surface area contributed by atoms with Crippen molar-refractivity contribution in [1.82, 2.24) is 0 Å². The Bertz CT molecular complexity index is 602. The van der Waals surface area contributed by atoms with Crippen LogP contribution < -0.4 is 9.80 Å². The lowest BCUT2D eigenvalue weighted by Crippen LogP contribution is -2.42. The second kappa shape index (κ2) is 6.21. The molecular weight excluding hydrogens is 276 g/mol. The van der Waals surface area contributed by atoms with E-state index in [0.717, 1.165) is 4.90 Å². The SMILES string of the molecule is CN(C(=O)N(C(=O)Cl)c1ccccc1)c1ccccc1. The first-order valence-corrected chi connectivity index (χ1v) is 6.36. The number of benzene rings is 2. The van der Waals surface area contributed by atoms with Crippen LogP contribution in [0.5, 0.6) is 0 Å². The highest BCUT2D eigenvalue weighted by molar-refractivity contribution is 6.68. The Hall–Kier alpha value is -2.33. The van der Waals surface area contributed by atoms with Gasteiger partial charge in [-0.15, -0.1) is 0 Å². The Kier molecular flexibility index (Phi) is 4.38. The van der Waals surface area contributed by atoms with Crippen LogP contribution in [0, 0.1) is 0 Å². The molecule has 0 atom stereocenters. The Balaban J connectivity index is 2.31. The van der Waals surface area contributed by atoms with Gasteiger partial charge in [0.1, 0.15) is 0 Å². The summed E-state index contributed by atoms with van der Waals surface area (Å²) in [5.41, 5.74) is 1.11. The van der Waals surface area contributed by atoms with Gasteiger partial charge in [-0.3, -0.25) is 9.69 Å². The van der Waals surface area contributed by atoms with Crippen LogP contribution in [-0.4, -0.2) is 18.4 Å². The maximum absolute atomic E-state index is 12.4. The predicted octanol–water partition coefficient (Wildman–Crippen LogP) is 4.11. The summed E-state index contributed by atoms with van der Waals surface area (Å²) in [4.78, 5) is 26.3. The molecule has 102 valence electrons. The largest absolute Gasteiger partial charge is 0.336 e. The first-order valence-electron chi connectivity index (χ1n) is 5.98. The summed E-state index contributed by atoms with van der Waals surface area (Å²) in [5.74, 6) is 0. The molecule has 0 aliphatic carbocycles. The molecule has 2 aromatic rings. The third-order valence-electron chi connectivity index (χ3n) is 2.81. The van der Waals surface area contributed by atoms with Gasteiger partial charge in [0.15, 0.2) is 0 Å². The molecule has 0 saturated carbocycles. The van der Waals surface area contributed by atoms with Crippen LogP contribution in [0.1, 0.15) is 0 Å². The summed E-state index contributed by atoms with van der Waals surface area (Å²) < 4.78 is 0. The van der Waals surface area contributed by atoms with Crippen molar-refractivity contribution >= 4 is 34.4 Å². The maximum atomic E-state index is 12.4. The molecule has 0 heterocycles. The average molecular weight is 289 g/mol. The number of amides is 3. The quantitative estimate of drug-likeness (QED) is 0.616. The fourth-order valence-corrected chi connectivity index (χ4v) is 1.95. The Labute approximate surface area is 122 Å². The normalized spacial score (nSPS) is 9.90. The van der Waals surface area contributed by atoms with Gasteiger partial charge in [-0.25, -0.2) is 9.69 Å². The van der Waals surface area contributed by atoms with Gasteiger partial charge in [0.2, 0.25) is 0 Å². The van der Waals surface area contributed by atoms with Crippen molar-refractivity contribution in [3.05, 3.63) is 60.7 Å². The zero-order valence-corrected chi connectivity index (χ0v) is 11.6. The molecule has 0 saturated heterocycles. The molecule has 0 unspecified atom stereocenters. The van der Waals surface area contributed by atoms with Gasteiger partial charge in [-0.05, 0) is 35.9 Å². The second-order valence-corrected chi connectivity index (χ2v) is 4.42. The van der Waals surface area contributed by atoms with Gasteiger partial charge in [0.05, 0.1) is 5.69 Å². The molecule has 0 bridgehead atoms. The Morgan fingerprint density at radius 3 is 1.75 bits per heavy atom. The van der Waals surface area contributed by atoms with E-state index in [4.69, 9.17) is 11.6 Å². The number of para-hydroxylation sites is 2. The molecule has 5 heteroatoms. The molecule has 4 nitrogen and oxygen atoms in total. The molecule has 0 aliphatic heterocycles. The third-order valence-corrected chi connectivity index (χ3v) is 2.98.